The molecule has 0 saturated carbocycles. The molecule has 3 aromatic rings. The van der Waals surface area contributed by atoms with Crippen LogP contribution in [0.25, 0.3) is 5.69 Å². The highest BCUT2D eigenvalue weighted by Crippen LogP contribution is 2.19. The lowest BCUT2D eigenvalue weighted by Crippen LogP contribution is -2.13. The van der Waals surface area contributed by atoms with Gasteiger partial charge in [-0.2, -0.15) is 5.10 Å². The van der Waals surface area contributed by atoms with Gasteiger partial charge in [-0.25, -0.2) is 4.68 Å². The third-order valence-electron chi connectivity index (χ3n) is 3.94. The number of hydrogen-bond donors (Lipinski definition) is 1. The molecule has 6 heteroatoms. The summed E-state index contributed by atoms with van der Waals surface area (Å²) in [4.78, 5) is 12.1. The van der Waals surface area contributed by atoms with Gasteiger partial charge in [-0.05, 0) is 44.9 Å². The first kappa shape index (κ1) is 16.0. The smallest absolute Gasteiger partial charge is 0.225 e. The molecule has 24 heavy (non-hydrogen) atoms. The fourth-order valence-electron chi connectivity index (χ4n) is 2.73. The standard InChI is InChI=1S/C18H20N4O2/c1-12-11-17(21-24-12)19-18(23)10-9-16-13(2)20-22(14(16)3)15-7-5-4-6-8-15/h4-8,11H,9-10H2,1-3H3,(H,19,21,23). The predicted molar refractivity (Wildman–Crippen MR) is 91.2 cm³/mol. The number of aryl methyl sites for hydroxylation is 2. The molecule has 0 aliphatic heterocycles. The molecule has 0 atom stereocenters. The number of aromatic nitrogens is 3. The average molecular weight is 324 g/mol. The summed E-state index contributed by atoms with van der Waals surface area (Å²) in [6.45, 7) is 5.79. The quantitative estimate of drug-likeness (QED) is 0.781. The summed E-state index contributed by atoms with van der Waals surface area (Å²) in [5.41, 5.74) is 4.13. The lowest BCUT2D eigenvalue weighted by molar-refractivity contribution is -0.116. The third-order valence-corrected chi connectivity index (χ3v) is 3.94. The van der Waals surface area contributed by atoms with Gasteiger partial charge in [0.15, 0.2) is 5.82 Å². The van der Waals surface area contributed by atoms with Gasteiger partial charge >= 0.3 is 0 Å². The zero-order valence-corrected chi connectivity index (χ0v) is 14.0. The van der Waals surface area contributed by atoms with E-state index in [1.807, 2.05) is 48.9 Å². The number of benzene rings is 1. The van der Waals surface area contributed by atoms with E-state index in [1.165, 1.54) is 0 Å². The van der Waals surface area contributed by atoms with Crippen LogP contribution < -0.4 is 5.32 Å². The van der Waals surface area contributed by atoms with Crippen LogP contribution in [0.1, 0.15) is 29.1 Å². The van der Waals surface area contributed by atoms with Gasteiger partial charge in [-0.15, -0.1) is 0 Å². The fourth-order valence-corrected chi connectivity index (χ4v) is 2.73. The molecule has 0 aliphatic carbocycles. The molecule has 3 rings (SSSR count). The van der Waals surface area contributed by atoms with Gasteiger partial charge in [0.05, 0.1) is 11.4 Å². The minimum Gasteiger partial charge on any atom is -0.360 e. The Labute approximate surface area is 140 Å². The molecule has 0 saturated heterocycles. The second-order valence-corrected chi connectivity index (χ2v) is 5.77. The average Bonchev–Trinajstić information content (AvgIpc) is 3.10. The first-order valence-electron chi connectivity index (χ1n) is 7.88. The van der Waals surface area contributed by atoms with Gasteiger partial charge in [0, 0.05) is 18.2 Å². The Bertz CT molecular complexity index is 849. The van der Waals surface area contributed by atoms with Crippen LogP contribution in [0, 0.1) is 20.8 Å². The lowest BCUT2D eigenvalue weighted by Gasteiger charge is -2.05. The summed E-state index contributed by atoms with van der Waals surface area (Å²) in [6, 6.07) is 11.7. The van der Waals surface area contributed by atoms with Crippen LogP contribution in [0.2, 0.25) is 0 Å². The van der Waals surface area contributed by atoms with Gasteiger partial charge in [-0.3, -0.25) is 4.79 Å². The van der Waals surface area contributed by atoms with Crippen molar-refractivity contribution in [1.82, 2.24) is 14.9 Å². The summed E-state index contributed by atoms with van der Waals surface area (Å²) < 4.78 is 6.86. The van der Waals surface area contributed by atoms with E-state index in [4.69, 9.17) is 4.52 Å². The summed E-state index contributed by atoms with van der Waals surface area (Å²) in [5, 5.41) is 11.1. The van der Waals surface area contributed by atoms with E-state index >= 15 is 0 Å². The van der Waals surface area contributed by atoms with Crippen LogP contribution in [0.5, 0.6) is 0 Å². The van der Waals surface area contributed by atoms with E-state index in [1.54, 1.807) is 13.0 Å². The van der Waals surface area contributed by atoms with Gasteiger partial charge in [0.1, 0.15) is 5.76 Å². The normalized spacial score (nSPS) is 10.8. The van der Waals surface area contributed by atoms with Crippen molar-refractivity contribution >= 4 is 11.7 Å². The highest BCUT2D eigenvalue weighted by atomic mass is 16.5. The Hall–Kier alpha value is -2.89. The molecular weight excluding hydrogens is 304 g/mol. The second-order valence-electron chi connectivity index (χ2n) is 5.77. The zero-order valence-electron chi connectivity index (χ0n) is 14.0. The van der Waals surface area contributed by atoms with Crippen molar-refractivity contribution in [1.29, 1.82) is 0 Å². The summed E-state index contributed by atoms with van der Waals surface area (Å²) >= 11 is 0. The number of anilines is 1. The Kier molecular flexibility index (Phi) is 4.46. The molecule has 0 spiro atoms. The fraction of sp³-hybridized carbons (Fsp3) is 0.278. The molecule has 0 fully saturated rings. The number of para-hydroxylation sites is 1. The monoisotopic (exact) mass is 324 g/mol. The summed E-state index contributed by atoms with van der Waals surface area (Å²) in [5.74, 6) is 1.03. The Morgan fingerprint density at radius 2 is 1.96 bits per heavy atom. The highest BCUT2D eigenvalue weighted by Gasteiger charge is 2.14. The molecule has 0 aliphatic rings. The third kappa shape index (κ3) is 3.37. The molecular formula is C18H20N4O2. The van der Waals surface area contributed by atoms with E-state index in [-0.39, 0.29) is 5.91 Å². The lowest BCUT2D eigenvalue weighted by atomic mass is 10.1. The number of nitrogens with zero attached hydrogens (tertiary/aromatic N) is 3. The van der Waals surface area contributed by atoms with Crippen molar-refractivity contribution in [2.45, 2.75) is 33.6 Å². The largest absolute Gasteiger partial charge is 0.360 e. The molecule has 0 bridgehead atoms. The highest BCUT2D eigenvalue weighted by molar-refractivity contribution is 5.89. The van der Waals surface area contributed by atoms with Crippen molar-refractivity contribution in [3.8, 4) is 5.69 Å². The minimum absolute atomic E-state index is 0.0884. The van der Waals surface area contributed by atoms with Crippen LogP contribution in [0.4, 0.5) is 5.82 Å². The second kappa shape index (κ2) is 6.70. The summed E-state index contributed by atoms with van der Waals surface area (Å²) in [7, 11) is 0. The zero-order chi connectivity index (χ0) is 17.1. The first-order chi connectivity index (χ1) is 11.5. The Morgan fingerprint density at radius 1 is 1.21 bits per heavy atom. The predicted octanol–water partition coefficient (Wildman–Crippen LogP) is 3.36. The molecule has 1 amide bonds. The van der Waals surface area contributed by atoms with Crippen LogP contribution in [-0.4, -0.2) is 20.8 Å². The number of rotatable bonds is 5. The maximum atomic E-state index is 12.1. The van der Waals surface area contributed by atoms with Gasteiger partial charge in [0.25, 0.3) is 0 Å². The minimum atomic E-state index is -0.0884. The number of nitrogens with one attached hydrogen (secondary N) is 1. The summed E-state index contributed by atoms with van der Waals surface area (Å²) in [6.07, 6.45) is 1.00. The van der Waals surface area contributed by atoms with Crippen molar-refractivity contribution < 1.29 is 9.32 Å². The van der Waals surface area contributed by atoms with E-state index in [2.05, 4.69) is 15.6 Å². The number of carbonyl (C=O) groups is 1. The maximum Gasteiger partial charge on any atom is 0.225 e. The Morgan fingerprint density at radius 3 is 2.62 bits per heavy atom. The SMILES string of the molecule is Cc1cc(NC(=O)CCc2c(C)nn(-c3ccccc3)c2C)no1. The van der Waals surface area contributed by atoms with E-state index in [0.29, 0.717) is 24.4 Å². The molecule has 0 radical (unpaired) electrons. The molecule has 1 N–H and O–H groups in total. The molecule has 1 aromatic carbocycles. The van der Waals surface area contributed by atoms with Crippen molar-refractivity contribution in [3.63, 3.8) is 0 Å². The maximum absolute atomic E-state index is 12.1. The number of hydrogen-bond acceptors (Lipinski definition) is 4. The van der Waals surface area contributed by atoms with E-state index in [0.717, 1.165) is 22.6 Å². The van der Waals surface area contributed by atoms with Crippen LogP contribution in [0.15, 0.2) is 40.9 Å². The van der Waals surface area contributed by atoms with Crippen molar-refractivity contribution in [2.75, 3.05) is 5.32 Å². The van der Waals surface area contributed by atoms with Crippen molar-refractivity contribution in [3.05, 3.63) is 59.1 Å². The first-order valence-corrected chi connectivity index (χ1v) is 7.88. The van der Waals surface area contributed by atoms with Crippen LogP contribution in [0.3, 0.4) is 0 Å². The van der Waals surface area contributed by atoms with Crippen LogP contribution in [-0.2, 0) is 11.2 Å². The van der Waals surface area contributed by atoms with Crippen molar-refractivity contribution in [2.24, 2.45) is 0 Å². The molecule has 124 valence electrons. The van der Waals surface area contributed by atoms with Gasteiger partial charge in [0.2, 0.25) is 5.91 Å². The topological polar surface area (TPSA) is 73.0 Å². The van der Waals surface area contributed by atoms with Crippen LogP contribution >= 0.6 is 0 Å². The molecule has 0 unspecified atom stereocenters. The molecule has 2 heterocycles. The molecule has 2 aromatic heterocycles. The number of amides is 1. The van der Waals surface area contributed by atoms with Gasteiger partial charge < -0.3 is 9.84 Å². The van der Waals surface area contributed by atoms with Gasteiger partial charge in [-0.1, -0.05) is 23.4 Å². The van der Waals surface area contributed by atoms with E-state index in [9.17, 15) is 4.79 Å². The molecule has 6 nitrogen and oxygen atoms in total. The Balaban J connectivity index is 1.69. The van der Waals surface area contributed by atoms with E-state index < -0.39 is 0 Å². The number of carbonyl (C=O) groups excluding carboxylic acids is 1.